The topological polar surface area (TPSA) is 32.3 Å². The van der Waals surface area contributed by atoms with Crippen LogP contribution in [0.3, 0.4) is 0 Å². The van der Waals surface area contributed by atoms with Crippen molar-refractivity contribution in [2.75, 3.05) is 13.1 Å². The molecule has 2 heteroatoms. The predicted octanol–water partition coefficient (Wildman–Crippen LogP) is 0.734. The quantitative estimate of drug-likeness (QED) is 0.640. The molecule has 0 saturated carbocycles. The van der Waals surface area contributed by atoms with E-state index >= 15 is 0 Å². The number of benzene rings is 1. The average Bonchev–Trinajstić information content (AvgIpc) is 2.53. The lowest BCUT2D eigenvalue weighted by molar-refractivity contribution is 0.178. The van der Waals surface area contributed by atoms with E-state index < -0.39 is 0 Å². The second kappa shape index (κ2) is 3.25. The van der Waals surface area contributed by atoms with E-state index in [1.807, 2.05) is 18.2 Å². The minimum Gasteiger partial charge on any atom is -0.391 e. The third kappa shape index (κ3) is 1.36. The molecule has 1 aliphatic rings. The van der Waals surface area contributed by atoms with Gasteiger partial charge in [0, 0.05) is 19.0 Å². The maximum absolute atomic E-state index is 9.58. The van der Waals surface area contributed by atoms with Crippen LogP contribution < -0.4 is 5.32 Å². The Balaban J connectivity index is 2.19. The highest BCUT2D eigenvalue weighted by Gasteiger charge is 2.25. The van der Waals surface area contributed by atoms with E-state index in [-0.39, 0.29) is 12.0 Å². The molecule has 1 heterocycles. The normalized spacial score (nSPS) is 29.1. The highest BCUT2D eigenvalue weighted by molar-refractivity contribution is 5.22. The monoisotopic (exact) mass is 163 g/mol. The molecule has 1 aromatic carbocycles. The summed E-state index contributed by atoms with van der Waals surface area (Å²) < 4.78 is 0. The molecule has 1 saturated heterocycles. The Labute approximate surface area is 72.2 Å². The van der Waals surface area contributed by atoms with E-state index in [9.17, 15) is 5.11 Å². The first kappa shape index (κ1) is 7.77. The van der Waals surface area contributed by atoms with Crippen LogP contribution >= 0.6 is 0 Å². The first-order valence-electron chi connectivity index (χ1n) is 4.31. The number of nitrogens with one attached hydrogen (secondary N) is 1. The van der Waals surface area contributed by atoms with Crippen molar-refractivity contribution in [1.29, 1.82) is 0 Å². The molecule has 1 aliphatic heterocycles. The van der Waals surface area contributed by atoms with Gasteiger partial charge >= 0.3 is 0 Å². The summed E-state index contributed by atoms with van der Waals surface area (Å²) in [4.78, 5) is 0. The van der Waals surface area contributed by atoms with E-state index in [0.717, 1.165) is 13.1 Å². The zero-order chi connectivity index (χ0) is 8.39. The molecule has 0 aliphatic carbocycles. The van der Waals surface area contributed by atoms with Crippen molar-refractivity contribution < 1.29 is 5.11 Å². The fourth-order valence-electron chi connectivity index (χ4n) is 1.71. The standard InChI is InChI=1S/C10H13NO/c12-10-7-11-6-9(10)8-4-2-1-3-5-8/h1-5,9-12H,6-7H2/t9-,10+/m1/s1. The number of aliphatic hydroxyl groups excluding tert-OH is 1. The summed E-state index contributed by atoms with van der Waals surface area (Å²) in [5, 5.41) is 12.8. The minimum atomic E-state index is -0.215. The van der Waals surface area contributed by atoms with Crippen molar-refractivity contribution >= 4 is 0 Å². The average molecular weight is 163 g/mol. The molecular formula is C10H13NO. The van der Waals surface area contributed by atoms with Crippen molar-refractivity contribution in [3.8, 4) is 0 Å². The Kier molecular flexibility index (Phi) is 2.11. The predicted molar refractivity (Wildman–Crippen MR) is 48.1 cm³/mol. The van der Waals surface area contributed by atoms with Gasteiger partial charge in [-0.05, 0) is 5.56 Å². The molecule has 0 unspecified atom stereocenters. The number of β-amino-alcohol motifs (C(OH)–C–C–N with tert-alkyl or cyclic N) is 1. The van der Waals surface area contributed by atoms with Gasteiger partial charge in [-0.25, -0.2) is 0 Å². The van der Waals surface area contributed by atoms with E-state index in [1.54, 1.807) is 0 Å². The summed E-state index contributed by atoms with van der Waals surface area (Å²) in [7, 11) is 0. The van der Waals surface area contributed by atoms with Gasteiger partial charge in [-0.15, -0.1) is 0 Å². The van der Waals surface area contributed by atoms with Crippen molar-refractivity contribution in [1.82, 2.24) is 5.32 Å². The van der Waals surface area contributed by atoms with E-state index in [1.165, 1.54) is 5.56 Å². The fraction of sp³-hybridized carbons (Fsp3) is 0.400. The fourth-order valence-corrected chi connectivity index (χ4v) is 1.71. The highest BCUT2D eigenvalue weighted by atomic mass is 16.3. The summed E-state index contributed by atoms with van der Waals surface area (Å²) >= 11 is 0. The molecule has 0 amide bonds. The Bertz CT molecular complexity index is 247. The Morgan fingerprint density at radius 1 is 1.17 bits per heavy atom. The van der Waals surface area contributed by atoms with Crippen LogP contribution in [-0.4, -0.2) is 24.3 Å². The van der Waals surface area contributed by atoms with E-state index in [2.05, 4.69) is 17.4 Å². The van der Waals surface area contributed by atoms with Crippen molar-refractivity contribution in [3.63, 3.8) is 0 Å². The second-order valence-electron chi connectivity index (χ2n) is 3.24. The van der Waals surface area contributed by atoms with Crippen LogP contribution in [0.5, 0.6) is 0 Å². The van der Waals surface area contributed by atoms with Gasteiger partial charge in [0.15, 0.2) is 0 Å². The molecule has 0 bridgehead atoms. The lowest BCUT2D eigenvalue weighted by Crippen LogP contribution is -2.15. The zero-order valence-corrected chi connectivity index (χ0v) is 6.90. The number of hydrogen-bond acceptors (Lipinski definition) is 2. The first-order valence-corrected chi connectivity index (χ1v) is 4.31. The highest BCUT2D eigenvalue weighted by Crippen LogP contribution is 2.21. The maximum Gasteiger partial charge on any atom is 0.0745 e. The van der Waals surface area contributed by atoms with Gasteiger partial charge < -0.3 is 10.4 Å². The number of hydrogen-bond donors (Lipinski definition) is 2. The molecule has 0 spiro atoms. The third-order valence-electron chi connectivity index (χ3n) is 2.41. The van der Waals surface area contributed by atoms with E-state index in [4.69, 9.17) is 0 Å². The van der Waals surface area contributed by atoms with Crippen molar-refractivity contribution in [3.05, 3.63) is 35.9 Å². The molecule has 12 heavy (non-hydrogen) atoms. The summed E-state index contributed by atoms with van der Waals surface area (Å²) in [5.41, 5.74) is 1.23. The van der Waals surface area contributed by atoms with Gasteiger partial charge in [0.05, 0.1) is 6.10 Å². The molecule has 1 fully saturated rings. The molecule has 2 atom stereocenters. The van der Waals surface area contributed by atoms with Crippen molar-refractivity contribution in [2.24, 2.45) is 0 Å². The smallest absolute Gasteiger partial charge is 0.0745 e. The van der Waals surface area contributed by atoms with Crippen LogP contribution in [0.2, 0.25) is 0 Å². The maximum atomic E-state index is 9.58. The number of rotatable bonds is 1. The molecule has 2 N–H and O–H groups in total. The van der Waals surface area contributed by atoms with Crippen LogP contribution in [0.1, 0.15) is 11.5 Å². The Morgan fingerprint density at radius 2 is 1.92 bits per heavy atom. The molecule has 2 rings (SSSR count). The Hall–Kier alpha value is -0.860. The van der Waals surface area contributed by atoms with Crippen LogP contribution in [0.25, 0.3) is 0 Å². The second-order valence-corrected chi connectivity index (χ2v) is 3.24. The lowest BCUT2D eigenvalue weighted by Gasteiger charge is -2.12. The van der Waals surface area contributed by atoms with E-state index in [0.29, 0.717) is 0 Å². The minimum absolute atomic E-state index is 0.215. The third-order valence-corrected chi connectivity index (χ3v) is 2.41. The van der Waals surface area contributed by atoms with Crippen molar-refractivity contribution in [2.45, 2.75) is 12.0 Å². The van der Waals surface area contributed by atoms with Gasteiger partial charge in [0.2, 0.25) is 0 Å². The van der Waals surface area contributed by atoms with Crippen LogP contribution in [0.15, 0.2) is 30.3 Å². The van der Waals surface area contributed by atoms with Crippen LogP contribution in [0.4, 0.5) is 0 Å². The summed E-state index contributed by atoms with van der Waals surface area (Å²) in [6, 6.07) is 10.2. The SMILES string of the molecule is O[C@H]1CNC[C@@H]1c1ccccc1. The summed E-state index contributed by atoms with van der Waals surface area (Å²) in [6.07, 6.45) is -0.215. The molecular weight excluding hydrogens is 150 g/mol. The molecule has 64 valence electrons. The number of aliphatic hydroxyl groups is 1. The Morgan fingerprint density at radius 3 is 2.50 bits per heavy atom. The molecule has 1 aromatic rings. The summed E-state index contributed by atoms with van der Waals surface area (Å²) in [6.45, 7) is 1.62. The zero-order valence-electron chi connectivity index (χ0n) is 6.90. The summed E-state index contributed by atoms with van der Waals surface area (Å²) in [5.74, 6) is 0.284. The van der Waals surface area contributed by atoms with Gasteiger partial charge in [-0.3, -0.25) is 0 Å². The largest absolute Gasteiger partial charge is 0.391 e. The van der Waals surface area contributed by atoms with Gasteiger partial charge in [0.25, 0.3) is 0 Å². The van der Waals surface area contributed by atoms with Crippen LogP contribution in [-0.2, 0) is 0 Å². The lowest BCUT2D eigenvalue weighted by atomic mass is 9.96. The molecule has 2 nitrogen and oxygen atoms in total. The van der Waals surface area contributed by atoms with Gasteiger partial charge in [-0.1, -0.05) is 30.3 Å². The molecule has 0 aromatic heterocycles. The first-order chi connectivity index (χ1) is 5.88. The van der Waals surface area contributed by atoms with Crippen LogP contribution in [0, 0.1) is 0 Å². The molecule has 0 radical (unpaired) electrons. The van der Waals surface area contributed by atoms with Gasteiger partial charge in [0.1, 0.15) is 0 Å². The van der Waals surface area contributed by atoms with Gasteiger partial charge in [-0.2, -0.15) is 0 Å².